The number of ether oxygens (including phenoxy) is 1. The van der Waals surface area contributed by atoms with Gasteiger partial charge in [0, 0.05) is 12.0 Å². The van der Waals surface area contributed by atoms with E-state index in [9.17, 15) is 0 Å². The maximum absolute atomic E-state index is 6.37. The molecule has 0 saturated carbocycles. The average Bonchev–Trinajstić information content (AvgIpc) is 2.98. The summed E-state index contributed by atoms with van der Waals surface area (Å²) in [6.07, 6.45) is 0.783. The van der Waals surface area contributed by atoms with E-state index in [0.29, 0.717) is 30.4 Å². The highest BCUT2D eigenvalue weighted by atomic mass is 16.5. The van der Waals surface area contributed by atoms with E-state index < -0.39 is 0 Å². The quantitative estimate of drug-likeness (QED) is 0.542. The lowest BCUT2D eigenvalue weighted by Crippen LogP contribution is -2.14. The molecule has 0 aliphatic rings. The van der Waals surface area contributed by atoms with Crippen molar-refractivity contribution in [1.29, 1.82) is 0 Å². The van der Waals surface area contributed by atoms with Gasteiger partial charge in [-0.25, -0.2) is 14.6 Å². The van der Waals surface area contributed by atoms with Crippen LogP contribution in [0.5, 0.6) is 0 Å². The normalized spacial score (nSPS) is 11.4. The standard InChI is InChI=1S/C20H21N5O/c1-2-26-12-16-24-18-19(25(16)22)17-14(11-13-7-4-3-5-8-13)9-6-10-15(17)23-20(18)21/h3-10H,2,11-12,22H2,1H3,(H2,21,23). The van der Waals surface area contributed by atoms with Gasteiger partial charge in [0.15, 0.2) is 11.6 Å². The van der Waals surface area contributed by atoms with Crippen LogP contribution in [0.2, 0.25) is 0 Å². The fourth-order valence-electron chi connectivity index (χ4n) is 3.29. The van der Waals surface area contributed by atoms with E-state index in [0.717, 1.165) is 28.4 Å². The Morgan fingerprint density at radius 2 is 1.85 bits per heavy atom. The van der Waals surface area contributed by atoms with Crippen molar-refractivity contribution in [1.82, 2.24) is 14.6 Å². The Morgan fingerprint density at radius 1 is 1.04 bits per heavy atom. The van der Waals surface area contributed by atoms with Crippen molar-refractivity contribution in [3.8, 4) is 0 Å². The highest BCUT2D eigenvalue weighted by Gasteiger charge is 2.18. The molecule has 0 atom stereocenters. The Balaban J connectivity index is 1.96. The highest BCUT2D eigenvalue weighted by molar-refractivity contribution is 6.08. The van der Waals surface area contributed by atoms with Crippen molar-refractivity contribution < 1.29 is 4.74 Å². The molecule has 0 fully saturated rings. The zero-order valence-electron chi connectivity index (χ0n) is 14.6. The average molecular weight is 347 g/mol. The third-order valence-electron chi connectivity index (χ3n) is 4.51. The van der Waals surface area contributed by atoms with Crippen LogP contribution in [0.25, 0.3) is 21.9 Å². The molecule has 0 aliphatic carbocycles. The van der Waals surface area contributed by atoms with Crippen LogP contribution >= 0.6 is 0 Å². The fraction of sp³-hybridized carbons (Fsp3) is 0.200. The summed E-state index contributed by atoms with van der Waals surface area (Å²) in [7, 11) is 0. The molecule has 2 heterocycles. The summed E-state index contributed by atoms with van der Waals surface area (Å²) >= 11 is 0. The first-order valence-corrected chi connectivity index (χ1v) is 8.64. The minimum atomic E-state index is 0.337. The van der Waals surface area contributed by atoms with Crippen molar-refractivity contribution in [2.24, 2.45) is 0 Å². The Hall–Kier alpha value is -3.12. The van der Waals surface area contributed by atoms with Gasteiger partial charge in [-0.15, -0.1) is 0 Å². The number of nitrogen functional groups attached to an aromatic ring is 2. The fourth-order valence-corrected chi connectivity index (χ4v) is 3.29. The Labute approximate surface area is 151 Å². The predicted octanol–water partition coefficient (Wildman–Crippen LogP) is 3.01. The van der Waals surface area contributed by atoms with Gasteiger partial charge in [0.25, 0.3) is 0 Å². The molecule has 0 saturated heterocycles. The van der Waals surface area contributed by atoms with Crippen molar-refractivity contribution in [3.63, 3.8) is 0 Å². The maximum Gasteiger partial charge on any atom is 0.154 e. The SMILES string of the molecule is CCOCc1nc2c(N)nc3cccc(Cc4ccccc4)c3c2n1N. The molecule has 0 radical (unpaired) electrons. The second-order valence-corrected chi connectivity index (χ2v) is 6.20. The second-order valence-electron chi connectivity index (χ2n) is 6.20. The molecule has 4 N–H and O–H groups in total. The molecule has 2 aromatic carbocycles. The molecule has 0 spiro atoms. The summed E-state index contributed by atoms with van der Waals surface area (Å²) in [4.78, 5) is 9.12. The number of fused-ring (bicyclic) bond motifs is 3. The molecule has 26 heavy (non-hydrogen) atoms. The monoisotopic (exact) mass is 347 g/mol. The minimum Gasteiger partial charge on any atom is -0.382 e. The predicted molar refractivity (Wildman–Crippen MR) is 104 cm³/mol. The van der Waals surface area contributed by atoms with Crippen LogP contribution in [0.1, 0.15) is 23.9 Å². The van der Waals surface area contributed by atoms with Gasteiger partial charge in [0.05, 0.1) is 5.52 Å². The summed E-state index contributed by atoms with van der Waals surface area (Å²) < 4.78 is 7.07. The van der Waals surface area contributed by atoms with Crippen LogP contribution in [0.3, 0.4) is 0 Å². The van der Waals surface area contributed by atoms with Crippen LogP contribution in [0, 0.1) is 0 Å². The van der Waals surface area contributed by atoms with Crippen LogP contribution in [-0.2, 0) is 17.8 Å². The van der Waals surface area contributed by atoms with E-state index >= 15 is 0 Å². The number of nitrogens with two attached hydrogens (primary N) is 2. The van der Waals surface area contributed by atoms with Crippen LogP contribution in [0.15, 0.2) is 48.5 Å². The topological polar surface area (TPSA) is 92.0 Å². The van der Waals surface area contributed by atoms with E-state index in [1.165, 1.54) is 5.56 Å². The first-order valence-electron chi connectivity index (χ1n) is 8.64. The molecule has 4 aromatic rings. The van der Waals surface area contributed by atoms with Gasteiger partial charge in [-0.3, -0.25) is 0 Å². The number of aromatic nitrogens is 3. The Morgan fingerprint density at radius 3 is 2.62 bits per heavy atom. The lowest BCUT2D eigenvalue weighted by atomic mass is 9.99. The lowest BCUT2D eigenvalue weighted by Gasteiger charge is -2.10. The van der Waals surface area contributed by atoms with Gasteiger partial charge in [-0.1, -0.05) is 42.5 Å². The highest BCUT2D eigenvalue weighted by Crippen LogP contribution is 2.31. The second kappa shape index (κ2) is 6.65. The number of anilines is 1. The number of nitrogens with zero attached hydrogens (tertiary/aromatic N) is 3. The molecule has 6 nitrogen and oxygen atoms in total. The largest absolute Gasteiger partial charge is 0.382 e. The third kappa shape index (κ3) is 2.74. The van der Waals surface area contributed by atoms with E-state index in [1.54, 1.807) is 4.68 Å². The number of pyridine rings is 1. The Bertz CT molecular complexity index is 1070. The summed E-state index contributed by atoms with van der Waals surface area (Å²) in [5.41, 5.74) is 10.8. The van der Waals surface area contributed by atoms with Crippen LogP contribution in [-0.4, -0.2) is 21.3 Å². The number of hydrogen-bond acceptors (Lipinski definition) is 5. The molecule has 0 amide bonds. The first-order chi connectivity index (χ1) is 12.7. The Kier molecular flexibility index (Phi) is 4.18. The summed E-state index contributed by atoms with van der Waals surface area (Å²) in [5, 5.41) is 0.985. The summed E-state index contributed by atoms with van der Waals surface area (Å²) in [6.45, 7) is 2.87. The minimum absolute atomic E-state index is 0.337. The molecule has 0 aliphatic heterocycles. The summed E-state index contributed by atoms with van der Waals surface area (Å²) in [5.74, 6) is 7.39. The van der Waals surface area contributed by atoms with Gasteiger partial charge in [-0.05, 0) is 30.5 Å². The van der Waals surface area contributed by atoms with Crippen molar-refractivity contribution in [2.75, 3.05) is 18.2 Å². The maximum atomic E-state index is 6.37. The molecule has 0 bridgehead atoms. The molecule has 132 valence electrons. The summed E-state index contributed by atoms with van der Waals surface area (Å²) in [6, 6.07) is 16.4. The zero-order chi connectivity index (χ0) is 18.1. The third-order valence-corrected chi connectivity index (χ3v) is 4.51. The van der Waals surface area contributed by atoms with Crippen molar-refractivity contribution in [3.05, 3.63) is 65.5 Å². The number of imidazole rings is 1. The molecular weight excluding hydrogens is 326 g/mol. The van der Waals surface area contributed by atoms with Gasteiger partial charge in [0.1, 0.15) is 17.6 Å². The van der Waals surface area contributed by atoms with E-state index in [4.69, 9.17) is 16.3 Å². The van der Waals surface area contributed by atoms with Crippen molar-refractivity contribution >= 4 is 27.8 Å². The number of benzene rings is 2. The number of hydrogen-bond donors (Lipinski definition) is 2. The molecule has 4 rings (SSSR count). The van der Waals surface area contributed by atoms with E-state index in [2.05, 4.69) is 28.2 Å². The van der Waals surface area contributed by atoms with E-state index in [1.807, 2.05) is 37.3 Å². The molecule has 6 heteroatoms. The number of rotatable bonds is 5. The van der Waals surface area contributed by atoms with Crippen LogP contribution in [0.4, 0.5) is 5.82 Å². The van der Waals surface area contributed by atoms with Gasteiger partial charge >= 0.3 is 0 Å². The van der Waals surface area contributed by atoms with E-state index in [-0.39, 0.29) is 0 Å². The van der Waals surface area contributed by atoms with Gasteiger partial charge in [-0.2, -0.15) is 0 Å². The smallest absolute Gasteiger partial charge is 0.154 e. The molecule has 0 unspecified atom stereocenters. The van der Waals surface area contributed by atoms with Crippen molar-refractivity contribution in [2.45, 2.75) is 20.0 Å². The first kappa shape index (κ1) is 16.4. The van der Waals surface area contributed by atoms with Crippen LogP contribution < -0.4 is 11.6 Å². The van der Waals surface area contributed by atoms with Gasteiger partial charge < -0.3 is 16.3 Å². The molecular formula is C20H21N5O. The van der Waals surface area contributed by atoms with Gasteiger partial charge in [0.2, 0.25) is 0 Å². The molecule has 2 aromatic heterocycles. The lowest BCUT2D eigenvalue weighted by molar-refractivity contribution is 0.127. The zero-order valence-corrected chi connectivity index (χ0v) is 14.6.